The topological polar surface area (TPSA) is 65.8 Å². The monoisotopic (exact) mass is 259 g/mol. The molecule has 0 unspecified atom stereocenters. The maximum atomic E-state index is 13.0. The molecule has 4 nitrogen and oxygen atoms in total. The number of aromatic nitrogens is 1. The summed E-state index contributed by atoms with van der Waals surface area (Å²) in [6.45, 7) is 0. The first kappa shape index (κ1) is 12.6. The van der Waals surface area contributed by atoms with Crippen molar-refractivity contribution < 1.29 is 13.6 Å². The Labute approximate surface area is 107 Å². The van der Waals surface area contributed by atoms with Crippen molar-refractivity contribution in [1.29, 1.82) is 5.26 Å². The second-order valence-corrected chi connectivity index (χ2v) is 3.66. The van der Waals surface area contributed by atoms with Gasteiger partial charge in [0.05, 0.1) is 5.56 Å². The Bertz CT molecular complexity index is 642. The van der Waals surface area contributed by atoms with E-state index in [1.807, 2.05) is 6.07 Å². The summed E-state index contributed by atoms with van der Waals surface area (Å²) in [5.41, 5.74) is 0.193. The van der Waals surface area contributed by atoms with Gasteiger partial charge in [0.2, 0.25) is 0 Å². The first-order chi connectivity index (χ1) is 9.08. The van der Waals surface area contributed by atoms with Gasteiger partial charge in [-0.1, -0.05) is 0 Å². The van der Waals surface area contributed by atoms with Gasteiger partial charge < -0.3 is 5.32 Å². The fourth-order valence-corrected chi connectivity index (χ4v) is 1.41. The molecular formula is C13H7F2N3O. The van der Waals surface area contributed by atoms with Crippen molar-refractivity contribution in [1.82, 2.24) is 4.98 Å². The third-order valence-electron chi connectivity index (χ3n) is 2.26. The molecule has 0 aliphatic rings. The number of nitrogens with zero attached hydrogens (tertiary/aromatic N) is 2. The van der Waals surface area contributed by atoms with Crippen LogP contribution in [0.3, 0.4) is 0 Å². The zero-order valence-corrected chi connectivity index (χ0v) is 9.52. The van der Waals surface area contributed by atoms with Gasteiger partial charge in [-0.05, 0) is 24.3 Å². The van der Waals surface area contributed by atoms with Crippen LogP contribution >= 0.6 is 0 Å². The molecule has 0 atom stereocenters. The van der Waals surface area contributed by atoms with E-state index in [4.69, 9.17) is 5.26 Å². The minimum atomic E-state index is -0.835. The number of nitriles is 1. The van der Waals surface area contributed by atoms with Crippen LogP contribution in [0.4, 0.5) is 14.6 Å². The van der Waals surface area contributed by atoms with Crippen LogP contribution in [0.5, 0.6) is 0 Å². The largest absolute Gasteiger partial charge is 0.307 e. The molecule has 1 aromatic heterocycles. The molecule has 0 spiro atoms. The van der Waals surface area contributed by atoms with Crippen LogP contribution in [-0.2, 0) is 0 Å². The number of halogens is 2. The first-order valence-electron chi connectivity index (χ1n) is 5.22. The van der Waals surface area contributed by atoms with E-state index >= 15 is 0 Å². The number of rotatable bonds is 2. The van der Waals surface area contributed by atoms with Crippen molar-refractivity contribution >= 4 is 11.7 Å². The lowest BCUT2D eigenvalue weighted by molar-refractivity contribution is 0.102. The van der Waals surface area contributed by atoms with E-state index < -0.39 is 17.5 Å². The van der Waals surface area contributed by atoms with E-state index in [1.54, 1.807) is 0 Å². The van der Waals surface area contributed by atoms with Crippen LogP contribution in [-0.4, -0.2) is 10.9 Å². The molecule has 19 heavy (non-hydrogen) atoms. The smallest absolute Gasteiger partial charge is 0.257 e. The van der Waals surface area contributed by atoms with Gasteiger partial charge in [-0.15, -0.1) is 0 Å². The molecule has 0 aliphatic heterocycles. The summed E-state index contributed by atoms with van der Waals surface area (Å²) in [5, 5.41) is 11.0. The number of anilines is 1. The molecule has 1 amide bonds. The van der Waals surface area contributed by atoms with Crippen LogP contribution < -0.4 is 5.32 Å². The fraction of sp³-hybridized carbons (Fsp3) is 0. The van der Waals surface area contributed by atoms with Gasteiger partial charge in [0.15, 0.2) is 0 Å². The lowest BCUT2D eigenvalue weighted by Gasteiger charge is -2.04. The number of amides is 1. The molecule has 2 aromatic rings. The van der Waals surface area contributed by atoms with E-state index in [1.165, 1.54) is 18.3 Å². The lowest BCUT2D eigenvalue weighted by atomic mass is 10.2. The Morgan fingerprint density at radius 2 is 1.89 bits per heavy atom. The number of nitrogens with one attached hydrogen (secondary N) is 1. The minimum Gasteiger partial charge on any atom is -0.307 e. The summed E-state index contributed by atoms with van der Waals surface area (Å²) >= 11 is 0. The van der Waals surface area contributed by atoms with Gasteiger partial charge in [0.1, 0.15) is 23.5 Å². The van der Waals surface area contributed by atoms with Crippen molar-refractivity contribution in [3.63, 3.8) is 0 Å². The van der Waals surface area contributed by atoms with E-state index in [9.17, 15) is 13.6 Å². The Kier molecular flexibility index (Phi) is 3.48. The number of carbonyl (C=O) groups excluding carboxylic acids is 1. The summed E-state index contributed by atoms with van der Waals surface area (Å²) in [5.74, 6) is -2.17. The van der Waals surface area contributed by atoms with Crippen LogP contribution in [0.25, 0.3) is 0 Å². The third kappa shape index (κ3) is 3.10. The van der Waals surface area contributed by atoms with Crippen LogP contribution in [0, 0.1) is 23.0 Å². The highest BCUT2D eigenvalue weighted by molar-refractivity contribution is 6.03. The summed E-state index contributed by atoms with van der Waals surface area (Å²) in [4.78, 5) is 15.5. The maximum Gasteiger partial charge on any atom is 0.257 e. The van der Waals surface area contributed by atoms with E-state index in [0.29, 0.717) is 11.6 Å². The summed E-state index contributed by atoms with van der Waals surface area (Å²) in [6, 6.07) is 7.28. The van der Waals surface area contributed by atoms with Gasteiger partial charge >= 0.3 is 0 Å². The van der Waals surface area contributed by atoms with Crippen molar-refractivity contribution in [3.05, 3.63) is 59.3 Å². The molecule has 1 aromatic carbocycles. The Morgan fingerprint density at radius 3 is 2.42 bits per heavy atom. The Hall–Kier alpha value is -2.81. The van der Waals surface area contributed by atoms with E-state index in [0.717, 1.165) is 12.1 Å². The normalized spacial score (nSPS) is 9.74. The fourth-order valence-electron chi connectivity index (χ4n) is 1.41. The molecule has 94 valence electrons. The molecular weight excluding hydrogens is 252 g/mol. The molecule has 2 rings (SSSR count). The van der Waals surface area contributed by atoms with Crippen molar-refractivity contribution in [2.24, 2.45) is 0 Å². The van der Waals surface area contributed by atoms with Crippen molar-refractivity contribution in [2.75, 3.05) is 5.32 Å². The summed E-state index contributed by atoms with van der Waals surface area (Å²) < 4.78 is 25.9. The maximum absolute atomic E-state index is 13.0. The molecule has 6 heteroatoms. The predicted octanol–water partition coefficient (Wildman–Crippen LogP) is 2.48. The number of hydrogen-bond acceptors (Lipinski definition) is 3. The highest BCUT2D eigenvalue weighted by Crippen LogP contribution is 2.11. The lowest BCUT2D eigenvalue weighted by Crippen LogP contribution is -2.13. The summed E-state index contributed by atoms with van der Waals surface area (Å²) in [6.07, 6.45) is 1.28. The zero-order valence-electron chi connectivity index (χ0n) is 9.52. The second kappa shape index (κ2) is 5.23. The quantitative estimate of drug-likeness (QED) is 0.901. The first-order valence-corrected chi connectivity index (χ1v) is 5.22. The van der Waals surface area contributed by atoms with Gasteiger partial charge in [0, 0.05) is 17.8 Å². The number of hydrogen-bond donors (Lipinski definition) is 1. The third-order valence-corrected chi connectivity index (χ3v) is 2.26. The highest BCUT2D eigenvalue weighted by atomic mass is 19.1. The van der Waals surface area contributed by atoms with Gasteiger partial charge in [-0.25, -0.2) is 13.8 Å². The number of benzene rings is 1. The SMILES string of the molecule is N#Cc1ccc(NC(=O)c2cc(F)cc(F)c2)nc1. The molecule has 0 radical (unpaired) electrons. The van der Waals surface area contributed by atoms with Gasteiger partial charge in [-0.2, -0.15) is 5.26 Å². The molecule has 0 saturated carbocycles. The van der Waals surface area contributed by atoms with Crippen LogP contribution in [0.1, 0.15) is 15.9 Å². The zero-order chi connectivity index (χ0) is 13.8. The Morgan fingerprint density at radius 1 is 1.21 bits per heavy atom. The van der Waals surface area contributed by atoms with Crippen molar-refractivity contribution in [3.8, 4) is 6.07 Å². The number of carbonyl (C=O) groups is 1. The molecule has 1 N–H and O–H groups in total. The van der Waals surface area contributed by atoms with Gasteiger partial charge in [-0.3, -0.25) is 4.79 Å². The van der Waals surface area contributed by atoms with Gasteiger partial charge in [0.25, 0.3) is 5.91 Å². The number of pyridine rings is 1. The standard InChI is InChI=1S/C13H7F2N3O/c14-10-3-9(4-11(15)5-10)13(19)18-12-2-1-8(6-16)7-17-12/h1-5,7H,(H,17,18,19). The highest BCUT2D eigenvalue weighted by Gasteiger charge is 2.10. The van der Waals surface area contributed by atoms with E-state index in [2.05, 4.69) is 10.3 Å². The van der Waals surface area contributed by atoms with Crippen LogP contribution in [0.2, 0.25) is 0 Å². The molecule has 0 bridgehead atoms. The predicted molar refractivity (Wildman–Crippen MR) is 63.3 cm³/mol. The Balaban J connectivity index is 2.18. The second-order valence-electron chi connectivity index (χ2n) is 3.66. The van der Waals surface area contributed by atoms with E-state index in [-0.39, 0.29) is 11.4 Å². The van der Waals surface area contributed by atoms with Crippen LogP contribution in [0.15, 0.2) is 36.5 Å². The molecule has 0 saturated heterocycles. The minimum absolute atomic E-state index is 0.149. The average molecular weight is 259 g/mol. The molecule has 0 fully saturated rings. The average Bonchev–Trinajstić information content (AvgIpc) is 2.38. The summed E-state index contributed by atoms with van der Waals surface area (Å²) in [7, 11) is 0. The van der Waals surface area contributed by atoms with Crippen molar-refractivity contribution in [2.45, 2.75) is 0 Å². The molecule has 1 heterocycles. The molecule has 0 aliphatic carbocycles.